The third-order valence-corrected chi connectivity index (χ3v) is 4.20. The number of benzene rings is 1. The van der Waals surface area contributed by atoms with Gasteiger partial charge in [0.25, 0.3) is 5.91 Å². The summed E-state index contributed by atoms with van der Waals surface area (Å²) >= 11 is 0.718. The smallest absolute Gasteiger partial charge is 0.348 e. The molecule has 0 radical (unpaired) electrons. The van der Waals surface area contributed by atoms with Crippen LogP contribution in [0.1, 0.15) is 23.0 Å². The number of aryl methyl sites for hydroxylation is 1. The molecule has 11 nitrogen and oxygen atoms in total. The Hall–Kier alpha value is -3.54. The molecule has 27 heavy (non-hydrogen) atoms. The van der Waals surface area contributed by atoms with Gasteiger partial charge in [0.2, 0.25) is 5.91 Å². The Labute approximate surface area is 156 Å². The monoisotopic (exact) mass is 393 g/mol. The largest absolute Gasteiger partial charge is 0.480 e. The number of thiazole rings is 1. The lowest BCUT2D eigenvalue weighted by molar-refractivity contribution is -0.380. The number of amides is 2. The van der Waals surface area contributed by atoms with Gasteiger partial charge < -0.3 is 15.7 Å². The lowest BCUT2D eigenvalue weighted by Crippen LogP contribution is -2.17. The first kappa shape index (κ1) is 19.8. The van der Waals surface area contributed by atoms with Gasteiger partial charge in [0, 0.05) is 12.6 Å². The van der Waals surface area contributed by atoms with Gasteiger partial charge in [-0.1, -0.05) is 0 Å². The van der Waals surface area contributed by atoms with Crippen molar-refractivity contribution in [2.45, 2.75) is 13.8 Å². The van der Waals surface area contributed by atoms with E-state index in [1.165, 1.54) is 32.0 Å². The van der Waals surface area contributed by atoms with E-state index in [4.69, 9.17) is 5.11 Å². The molecule has 0 aliphatic carbocycles. The maximum absolute atomic E-state index is 12.5. The molecule has 1 aromatic carbocycles. The highest BCUT2D eigenvalue weighted by Crippen LogP contribution is 2.30. The van der Waals surface area contributed by atoms with Gasteiger partial charge in [0.15, 0.2) is 5.13 Å². The molecule has 2 amide bonds. The van der Waals surface area contributed by atoms with Crippen molar-refractivity contribution in [3.8, 4) is 0 Å². The predicted octanol–water partition coefficient (Wildman–Crippen LogP) is 2.07. The standard InChI is InChI=1S/C15H15N5O6S/c1-7-14(20(25)26)27-15(17-7)19-13(24)10-4-3-9(16-6-12(22)23)5-11(10)18-8(2)21/h3-5,16H,6H2,1-2H3,(H,18,21)(H,22,23)(H,17,19,24). The van der Waals surface area contributed by atoms with Crippen molar-refractivity contribution in [1.29, 1.82) is 0 Å². The van der Waals surface area contributed by atoms with Gasteiger partial charge in [-0.25, -0.2) is 4.98 Å². The van der Waals surface area contributed by atoms with Crippen molar-refractivity contribution in [2.75, 3.05) is 22.5 Å². The number of rotatable bonds is 7. The fourth-order valence-corrected chi connectivity index (χ4v) is 2.88. The summed E-state index contributed by atoms with van der Waals surface area (Å²) in [6.45, 7) is 2.37. The topological polar surface area (TPSA) is 164 Å². The Morgan fingerprint density at radius 1 is 1.30 bits per heavy atom. The van der Waals surface area contributed by atoms with E-state index in [9.17, 15) is 24.5 Å². The minimum Gasteiger partial charge on any atom is -0.480 e. The van der Waals surface area contributed by atoms with Crippen LogP contribution in [0.25, 0.3) is 0 Å². The van der Waals surface area contributed by atoms with E-state index in [2.05, 4.69) is 20.9 Å². The van der Waals surface area contributed by atoms with Gasteiger partial charge in [-0.15, -0.1) is 0 Å². The SMILES string of the molecule is CC(=O)Nc1cc(NCC(=O)O)ccc1C(=O)Nc1nc(C)c([N+](=O)[O-])s1. The van der Waals surface area contributed by atoms with Gasteiger partial charge in [-0.2, -0.15) is 0 Å². The Morgan fingerprint density at radius 2 is 2.00 bits per heavy atom. The van der Waals surface area contributed by atoms with Crippen LogP contribution in [0.5, 0.6) is 0 Å². The fourth-order valence-electron chi connectivity index (χ4n) is 2.10. The minimum atomic E-state index is -1.07. The zero-order valence-corrected chi connectivity index (χ0v) is 15.0. The summed E-state index contributed by atoms with van der Waals surface area (Å²) in [5, 5.41) is 27.0. The van der Waals surface area contributed by atoms with Crippen molar-refractivity contribution in [2.24, 2.45) is 0 Å². The van der Waals surface area contributed by atoms with Gasteiger partial charge in [0.05, 0.1) is 16.2 Å². The summed E-state index contributed by atoms with van der Waals surface area (Å²) in [7, 11) is 0. The van der Waals surface area contributed by atoms with Gasteiger partial charge in [-0.3, -0.25) is 29.8 Å². The Kier molecular flexibility index (Phi) is 6.03. The van der Waals surface area contributed by atoms with Crippen molar-refractivity contribution in [1.82, 2.24) is 4.98 Å². The summed E-state index contributed by atoms with van der Waals surface area (Å²) in [6.07, 6.45) is 0. The molecule has 2 rings (SSSR count). The molecular weight excluding hydrogens is 378 g/mol. The van der Waals surface area contributed by atoms with E-state index >= 15 is 0 Å². The summed E-state index contributed by atoms with van der Waals surface area (Å²) in [5.41, 5.74) is 0.800. The van der Waals surface area contributed by atoms with E-state index in [-0.39, 0.29) is 33.6 Å². The molecule has 12 heteroatoms. The van der Waals surface area contributed by atoms with E-state index in [0.717, 1.165) is 11.3 Å². The number of anilines is 3. The Balaban J connectivity index is 2.27. The number of hydrogen-bond acceptors (Lipinski definition) is 8. The minimum absolute atomic E-state index is 0.0473. The molecule has 0 saturated heterocycles. The number of aromatic nitrogens is 1. The molecule has 0 aliphatic heterocycles. The zero-order chi connectivity index (χ0) is 20.1. The van der Waals surface area contributed by atoms with Crippen LogP contribution >= 0.6 is 11.3 Å². The maximum Gasteiger partial charge on any atom is 0.348 e. The Bertz CT molecular complexity index is 925. The molecule has 0 bridgehead atoms. The predicted molar refractivity (Wildman–Crippen MR) is 98.3 cm³/mol. The van der Waals surface area contributed by atoms with Crippen LogP contribution in [-0.4, -0.2) is 39.3 Å². The lowest BCUT2D eigenvalue weighted by Gasteiger charge is -2.12. The summed E-state index contributed by atoms with van der Waals surface area (Å²) in [5.74, 6) is -2.13. The van der Waals surface area contributed by atoms with Gasteiger partial charge >= 0.3 is 11.0 Å². The molecule has 0 unspecified atom stereocenters. The number of carbonyl (C=O) groups is 3. The molecule has 2 aromatic rings. The molecule has 1 aromatic heterocycles. The van der Waals surface area contributed by atoms with Crippen LogP contribution in [0.2, 0.25) is 0 Å². The van der Waals surface area contributed by atoms with Crippen molar-refractivity contribution < 1.29 is 24.4 Å². The highest BCUT2D eigenvalue weighted by atomic mass is 32.1. The van der Waals surface area contributed by atoms with E-state index in [1.807, 2.05) is 0 Å². The number of hydrogen-bond donors (Lipinski definition) is 4. The number of carboxylic acids is 1. The Morgan fingerprint density at radius 3 is 2.56 bits per heavy atom. The summed E-state index contributed by atoms with van der Waals surface area (Å²) in [4.78, 5) is 48.8. The first-order valence-electron chi connectivity index (χ1n) is 7.48. The number of aliphatic carboxylic acids is 1. The number of carboxylic acid groups (broad SMARTS) is 1. The number of nitrogens with one attached hydrogen (secondary N) is 3. The highest BCUT2D eigenvalue weighted by molar-refractivity contribution is 7.19. The van der Waals surface area contributed by atoms with Crippen LogP contribution in [0.4, 0.5) is 21.5 Å². The van der Waals surface area contributed by atoms with Crippen molar-refractivity contribution in [3.63, 3.8) is 0 Å². The molecule has 4 N–H and O–H groups in total. The maximum atomic E-state index is 12.5. The molecule has 0 aliphatic rings. The van der Waals surface area contributed by atoms with Crippen LogP contribution in [0.15, 0.2) is 18.2 Å². The quantitative estimate of drug-likeness (QED) is 0.410. The molecule has 0 atom stereocenters. The van der Waals surface area contributed by atoms with Gasteiger partial charge in [0.1, 0.15) is 12.2 Å². The van der Waals surface area contributed by atoms with Crippen LogP contribution in [0.3, 0.4) is 0 Å². The first-order chi connectivity index (χ1) is 12.7. The van der Waals surface area contributed by atoms with E-state index < -0.39 is 22.7 Å². The average Bonchev–Trinajstić information content (AvgIpc) is 2.93. The number of nitro groups is 1. The van der Waals surface area contributed by atoms with Crippen LogP contribution < -0.4 is 16.0 Å². The van der Waals surface area contributed by atoms with E-state index in [0.29, 0.717) is 5.69 Å². The third kappa shape index (κ3) is 5.22. The van der Waals surface area contributed by atoms with Gasteiger partial charge in [-0.05, 0) is 36.5 Å². The average molecular weight is 393 g/mol. The molecule has 0 saturated carbocycles. The molecule has 142 valence electrons. The lowest BCUT2D eigenvalue weighted by atomic mass is 10.1. The first-order valence-corrected chi connectivity index (χ1v) is 8.29. The molecular formula is C15H15N5O6S. The van der Waals surface area contributed by atoms with Crippen LogP contribution in [0, 0.1) is 17.0 Å². The van der Waals surface area contributed by atoms with Crippen LogP contribution in [-0.2, 0) is 9.59 Å². The second kappa shape index (κ2) is 8.23. The normalized spacial score (nSPS) is 10.1. The molecule has 0 fully saturated rings. The number of nitrogens with zero attached hydrogens (tertiary/aromatic N) is 2. The molecule has 0 spiro atoms. The van der Waals surface area contributed by atoms with Crippen molar-refractivity contribution in [3.05, 3.63) is 39.6 Å². The summed E-state index contributed by atoms with van der Waals surface area (Å²) in [6, 6.07) is 4.27. The molecule has 1 heterocycles. The van der Waals surface area contributed by atoms with E-state index in [1.54, 1.807) is 0 Å². The third-order valence-electron chi connectivity index (χ3n) is 3.18. The highest BCUT2D eigenvalue weighted by Gasteiger charge is 2.20. The second-order valence-corrected chi connectivity index (χ2v) is 6.29. The fraction of sp³-hybridized carbons (Fsp3) is 0.200. The zero-order valence-electron chi connectivity index (χ0n) is 14.2. The number of carbonyl (C=O) groups excluding carboxylic acids is 2. The second-order valence-electron chi connectivity index (χ2n) is 5.31. The van der Waals surface area contributed by atoms with Crippen molar-refractivity contribution >= 4 is 50.6 Å². The summed E-state index contributed by atoms with van der Waals surface area (Å²) < 4.78 is 0.